The normalized spacial score (nSPS) is 10.2. The Morgan fingerprint density at radius 2 is 1.94 bits per heavy atom. The zero-order valence-corrected chi connectivity index (χ0v) is 11.7. The van der Waals surface area contributed by atoms with E-state index in [-0.39, 0.29) is 0 Å². The van der Waals surface area contributed by atoms with Crippen LogP contribution in [0.3, 0.4) is 0 Å². The van der Waals surface area contributed by atoms with Crippen LogP contribution in [0.15, 0.2) is 30.8 Å². The molecule has 1 nitrogen and oxygen atoms in total. The molecule has 17 heavy (non-hydrogen) atoms. The summed E-state index contributed by atoms with van der Waals surface area (Å²) in [6, 6.07) is 8.51. The Balaban J connectivity index is 2.42. The molecule has 0 radical (unpaired) electrons. The van der Waals surface area contributed by atoms with Crippen molar-refractivity contribution in [3.63, 3.8) is 0 Å². The van der Waals surface area contributed by atoms with E-state index in [9.17, 15) is 0 Å². The smallest absolute Gasteiger partial charge is 0.119 e. The number of hydrogen-bond acceptors (Lipinski definition) is 2. The maximum atomic E-state index is 5.38. The quantitative estimate of drug-likeness (QED) is 0.487. The number of thioether (sulfide) groups is 1. The molecule has 1 rings (SSSR count). The third-order valence-corrected chi connectivity index (χ3v) is 3.62. The molecule has 1 aromatic rings. The van der Waals surface area contributed by atoms with E-state index in [0.29, 0.717) is 6.61 Å². The van der Waals surface area contributed by atoms with Crippen molar-refractivity contribution in [1.82, 2.24) is 0 Å². The summed E-state index contributed by atoms with van der Waals surface area (Å²) in [5, 5.41) is 0. The number of unbranched alkanes of at least 4 members (excludes halogenated alkanes) is 1. The van der Waals surface area contributed by atoms with Crippen LogP contribution in [0.1, 0.15) is 37.8 Å². The lowest BCUT2D eigenvalue weighted by atomic mass is 10.1. The van der Waals surface area contributed by atoms with Crippen LogP contribution in [-0.2, 0) is 10.5 Å². The largest absolute Gasteiger partial charge is 0.494 e. The van der Waals surface area contributed by atoms with E-state index in [1.165, 1.54) is 24.2 Å². The molecular formula is C15H22OS. The Morgan fingerprint density at radius 3 is 2.53 bits per heavy atom. The van der Waals surface area contributed by atoms with Gasteiger partial charge < -0.3 is 4.74 Å². The van der Waals surface area contributed by atoms with Crippen molar-refractivity contribution in [3.8, 4) is 0 Å². The van der Waals surface area contributed by atoms with Gasteiger partial charge in [0.25, 0.3) is 0 Å². The summed E-state index contributed by atoms with van der Waals surface area (Å²) in [6.07, 6.45) is 2.59. The van der Waals surface area contributed by atoms with Crippen LogP contribution in [0.2, 0.25) is 0 Å². The van der Waals surface area contributed by atoms with Crippen LogP contribution in [0.25, 0.3) is 5.76 Å². The molecule has 0 saturated carbocycles. The van der Waals surface area contributed by atoms with E-state index < -0.39 is 0 Å². The van der Waals surface area contributed by atoms with E-state index in [1.54, 1.807) is 0 Å². The minimum atomic E-state index is 0.674. The van der Waals surface area contributed by atoms with Gasteiger partial charge in [0.1, 0.15) is 5.76 Å². The third-order valence-electron chi connectivity index (χ3n) is 2.51. The summed E-state index contributed by atoms with van der Waals surface area (Å²) in [6.45, 7) is 8.78. The average molecular weight is 250 g/mol. The summed E-state index contributed by atoms with van der Waals surface area (Å²) in [7, 11) is 0. The van der Waals surface area contributed by atoms with E-state index >= 15 is 0 Å². The lowest BCUT2D eigenvalue weighted by molar-refractivity contribution is 0.299. The predicted octanol–water partition coefficient (Wildman–Crippen LogP) is 4.73. The van der Waals surface area contributed by atoms with E-state index in [4.69, 9.17) is 4.74 Å². The molecule has 0 bridgehead atoms. The van der Waals surface area contributed by atoms with Crippen molar-refractivity contribution < 1.29 is 4.74 Å². The van der Waals surface area contributed by atoms with E-state index in [1.807, 2.05) is 18.7 Å². The molecule has 0 unspecified atom stereocenters. The Bertz CT molecular complexity index is 329. The van der Waals surface area contributed by atoms with Crippen LogP contribution in [0.5, 0.6) is 0 Å². The summed E-state index contributed by atoms with van der Waals surface area (Å²) < 4.78 is 5.38. The highest BCUT2D eigenvalue weighted by molar-refractivity contribution is 7.98. The van der Waals surface area contributed by atoms with E-state index in [0.717, 1.165) is 17.1 Å². The van der Waals surface area contributed by atoms with Gasteiger partial charge in [-0.25, -0.2) is 0 Å². The number of rotatable bonds is 8. The van der Waals surface area contributed by atoms with Crippen molar-refractivity contribution in [2.75, 3.05) is 12.4 Å². The predicted molar refractivity (Wildman–Crippen MR) is 78.2 cm³/mol. The summed E-state index contributed by atoms with van der Waals surface area (Å²) in [5.74, 6) is 3.11. The first-order chi connectivity index (χ1) is 8.27. The van der Waals surface area contributed by atoms with Crippen LogP contribution < -0.4 is 0 Å². The monoisotopic (exact) mass is 250 g/mol. The van der Waals surface area contributed by atoms with Crippen LogP contribution >= 0.6 is 11.8 Å². The molecule has 0 heterocycles. The fraction of sp³-hybridized carbons (Fsp3) is 0.467. The SMILES string of the molecule is C=C(OCC)c1ccc(CSCCCC)cc1. The highest BCUT2D eigenvalue weighted by Crippen LogP contribution is 2.18. The number of benzene rings is 1. The maximum Gasteiger partial charge on any atom is 0.119 e. The van der Waals surface area contributed by atoms with Gasteiger partial charge in [0.15, 0.2) is 0 Å². The maximum absolute atomic E-state index is 5.38. The molecule has 2 heteroatoms. The minimum Gasteiger partial charge on any atom is -0.494 e. The first kappa shape index (κ1) is 14.2. The lowest BCUT2D eigenvalue weighted by Crippen LogP contribution is -1.90. The van der Waals surface area contributed by atoms with Crippen molar-refractivity contribution in [2.45, 2.75) is 32.4 Å². The van der Waals surface area contributed by atoms with Gasteiger partial charge in [-0.1, -0.05) is 44.2 Å². The first-order valence-electron chi connectivity index (χ1n) is 6.26. The average Bonchev–Trinajstić information content (AvgIpc) is 2.36. The fourth-order valence-corrected chi connectivity index (χ4v) is 2.55. The lowest BCUT2D eigenvalue weighted by Gasteiger charge is -2.07. The molecule has 0 aromatic heterocycles. The Hall–Kier alpha value is -0.890. The standard InChI is InChI=1S/C15H22OS/c1-4-6-11-17-12-14-7-9-15(10-8-14)13(3)16-5-2/h7-10H,3-6,11-12H2,1-2H3. The van der Waals surface area contributed by atoms with Crippen molar-refractivity contribution >= 4 is 17.5 Å². The van der Waals surface area contributed by atoms with Gasteiger partial charge in [-0.05, 0) is 24.7 Å². The second-order valence-corrected chi connectivity index (χ2v) is 5.06. The molecule has 94 valence electrons. The molecule has 0 saturated heterocycles. The molecule has 0 aliphatic rings. The molecule has 0 N–H and O–H groups in total. The minimum absolute atomic E-state index is 0.674. The fourth-order valence-electron chi connectivity index (χ4n) is 1.48. The second kappa shape index (κ2) is 8.24. The Kier molecular flexibility index (Phi) is 6.87. The third kappa shape index (κ3) is 5.31. The number of hydrogen-bond donors (Lipinski definition) is 0. The Labute approximate surface area is 109 Å². The van der Waals surface area contributed by atoms with Gasteiger partial charge in [0.05, 0.1) is 6.61 Å². The second-order valence-electron chi connectivity index (χ2n) is 3.96. The Morgan fingerprint density at radius 1 is 1.24 bits per heavy atom. The van der Waals surface area contributed by atoms with Gasteiger partial charge >= 0.3 is 0 Å². The summed E-state index contributed by atoms with van der Waals surface area (Å²) in [5.41, 5.74) is 2.45. The van der Waals surface area contributed by atoms with Crippen LogP contribution in [0, 0.1) is 0 Å². The highest BCUT2D eigenvalue weighted by atomic mass is 32.2. The van der Waals surface area contributed by atoms with Crippen molar-refractivity contribution in [2.24, 2.45) is 0 Å². The van der Waals surface area contributed by atoms with Gasteiger partial charge in [-0.3, -0.25) is 0 Å². The molecular weight excluding hydrogens is 228 g/mol. The molecule has 0 aliphatic heterocycles. The van der Waals surface area contributed by atoms with Crippen LogP contribution in [0.4, 0.5) is 0 Å². The van der Waals surface area contributed by atoms with Crippen molar-refractivity contribution in [3.05, 3.63) is 42.0 Å². The molecule has 0 atom stereocenters. The van der Waals surface area contributed by atoms with Crippen LogP contribution in [-0.4, -0.2) is 12.4 Å². The highest BCUT2D eigenvalue weighted by Gasteiger charge is 1.99. The molecule has 0 fully saturated rings. The molecule has 0 aliphatic carbocycles. The van der Waals surface area contributed by atoms with Gasteiger partial charge in [0.2, 0.25) is 0 Å². The zero-order valence-electron chi connectivity index (χ0n) is 10.9. The number of ether oxygens (including phenoxy) is 1. The molecule has 0 spiro atoms. The van der Waals surface area contributed by atoms with Gasteiger partial charge in [-0.2, -0.15) is 11.8 Å². The molecule has 0 amide bonds. The summed E-state index contributed by atoms with van der Waals surface area (Å²) >= 11 is 2.00. The first-order valence-corrected chi connectivity index (χ1v) is 7.42. The zero-order chi connectivity index (χ0) is 12.5. The van der Waals surface area contributed by atoms with Gasteiger partial charge in [-0.15, -0.1) is 0 Å². The van der Waals surface area contributed by atoms with E-state index in [2.05, 4.69) is 37.8 Å². The topological polar surface area (TPSA) is 9.23 Å². The van der Waals surface area contributed by atoms with Gasteiger partial charge in [0, 0.05) is 11.3 Å². The summed E-state index contributed by atoms with van der Waals surface area (Å²) in [4.78, 5) is 0. The molecule has 1 aromatic carbocycles. The van der Waals surface area contributed by atoms with Crippen molar-refractivity contribution in [1.29, 1.82) is 0 Å².